The third-order valence-corrected chi connectivity index (χ3v) is 17.4. The Morgan fingerprint density at radius 1 is 0.269 bits per heavy atom. The van der Waals surface area contributed by atoms with E-state index in [0.29, 0.717) is 32.1 Å². The summed E-state index contributed by atoms with van der Waals surface area (Å²) in [6.07, 6.45) is 99.6. The van der Waals surface area contributed by atoms with E-state index >= 15 is 0 Å². The van der Waals surface area contributed by atoms with E-state index in [2.05, 4.69) is 210 Å². The van der Waals surface area contributed by atoms with E-state index in [1.807, 2.05) is 24.3 Å². The summed E-state index contributed by atoms with van der Waals surface area (Å²) < 4.78 is 68.4. The number of ether oxygens (including phenoxy) is 4. The van der Waals surface area contributed by atoms with Gasteiger partial charge in [-0.15, -0.1) is 0 Å². The zero-order chi connectivity index (χ0) is 78.9. The molecular weight excluding hydrogens is 1400 g/mol. The molecular formula is C89H138O17P2. The van der Waals surface area contributed by atoms with Crippen molar-refractivity contribution in [2.45, 2.75) is 277 Å². The van der Waals surface area contributed by atoms with E-state index in [1.165, 1.54) is 0 Å². The van der Waals surface area contributed by atoms with Gasteiger partial charge >= 0.3 is 39.5 Å². The molecule has 0 amide bonds. The Bertz CT molecular complexity index is 2910. The number of rotatable bonds is 72. The van der Waals surface area contributed by atoms with Crippen LogP contribution in [0.25, 0.3) is 0 Å². The standard InChI is InChI=1S/C89H138O17P2/c1-5-9-13-17-21-25-29-33-37-40-41-44-47-50-54-58-62-66-70-74-87(92)100-80-85(106-89(94)76-72-68-64-60-56-52-48-43-39-35-31-27-23-19-15-11-7-3)82-104-108(97,98)102-78-83(90)77-101-107(95,96)103-81-84(105-88(93)75-71-67-63-59-55-51-45-36-32-28-24-20-16-12-8-4)79-99-86(91)73-69-65-61-57-53-49-46-42-38-34-30-26-22-18-14-10-6-2/h9-16,21-28,33-39,41,44-46,48-49,52,55,59-60,64,67,71,83-85,90H,5-8,17-20,29-32,40,42-43,47,50-51,53-54,56-58,61-63,65-66,68-70,72-82H2,1-4H3,(H,95,96)(H,97,98)/b13-9-,14-10-,15-11-,16-12-,25-21-,26-22-,27-23-,28-24-,37-33-,38-34-,39-35-,44-41-,45-36-,49-46-,52-48-,59-55-,64-60-,71-67-. The largest absolute Gasteiger partial charge is 0.472 e. The first kappa shape index (κ1) is 101. The summed E-state index contributed by atoms with van der Waals surface area (Å²) in [6.45, 7) is 4.15. The molecule has 17 nitrogen and oxygen atoms in total. The van der Waals surface area contributed by atoms with E-state index in [4.69, 9.17) is 37.0 Å². The number of phosphoric ester groups is 2. The fourth-order valence-corrected chi connectivity index (χ4v) is 11.1. The van der Waals surface area contributed by atoms with Crippen LogP contribution in [0.4, 0.5) is 0 Å². The highest BCUT2D eigenvalue weighted by Gasteiger charge is 2.30. The second-order valence-corrected chi connectivity index (χ2v) is 28.4. The highest BCUT2D eigenvalue weighted by atomic mass is 31.2. The van der Waals surface area contributed by atoms with E-state index in [9.17, 15) is 43.2 Å². The van der Waals surface area contributed by atoms with Crippen LogP contribution < -0.4 is 0 Å². The Hall–Kier alpha value is -6.62. The van der Waals surface area contributed by atoms with Crippen molar-refractivity contribution in [3.8, 4) is 0 Å². The minimum atomic E-state index is -5.03. The molecule has 0 aromatic rings. The summed E-state index contributed by atoms with van der Waals surface area (Å²) in [5, 5.41) is 10.6. The maximum absolute atomic E-state index is 13.1. The molecule has 0 spiro atoms. The summed E-state index contributed by atoms with van der Waals surface area (Å²) in [7, 11) is -10.0. The van der Waals surface area contributed by atoms with Gasteiger partial charge in [0.1, 0.15) is 19.3 Å². The molecule has 0 aliphatic carbocycles. The van der Waals surface area contributed by atoms with Crippen molar-refractivity contribution < 1.29 is 80.2 Å². The molecule has 0 aliphatic heterocycles. The van der Waals surface area contributed by atoms with Gasteiger partial charge in [0.25, 0.3) is 0 Å². The molecule has 3 N–H and O–H groups in total. The minimum Gasteiger partial charge on any atom is -0.462 e. The maximum Gasteiger partial charge on any atom is 0.472 e. The molecule has 0 radical (unpaired) electrons. The van der Waals surface area contributed by atoms with Crippen LogP contribution in [0.5, 0.6) is 0 Å². The molecule has 0 saturated heterocycles. The molecule has 0 aliphatic rings. The Balaban J connectivity index is 5.55. The average molecular weight is 1540 g/mol. The first-order valence-corrected chi connectivity index (χ1v) is 43.0. The summed E-state index contributed by atoms with van der Waals surface area (Å²) >= 11 is 0. The second-order valence-electron chi connectivity index (χ2n) is 25.5. The number of aliphatic hydroxyl groups excluding tert-OH is 1. The number of carbonyl (C=O) groups excluding carboxylic acids is 4. The van der Waals surface area contributed by atoms with Gasteiger partial charge in [-0.2, -0.15) is 0 Å². The number of hydrogen-bond acceptors (Lipinski definition) is 15. The number of aliphatic hydroxyl groups is 1. The van der Waals surface area contributed by atoms with Crippen LogP contribution in [0.15, 0.2) is 219 Å². The molecule has 0 aromatic heterocycles. The van der Waals surface area contributed by atoms with Crippen LogP contribution in [0, 0.1) is 0 Å². The molecule has 606 valence electrons. The van der Waals surface area contributed by atoms with Crippen molar-refractivity contribution in [1.82, 2.24) is 0 Å². The lowest BCUT2D eigenvalue weighted by Gasteiger charge is -2.21. The number of hydrogen-bond donors (Lipinski definition) is 3. The van der Waals surface area contributed by atoms with Crippen molar-refractivity contribution in [1.29, 1.82) is 0 Å². The van der Waals surface area contributed by atoms with Gasteiger partial charge in [-0.1, -0.05) is 285 Å². The number of phosphoric acid groups is 2. The SMILES string of the molecule is CC/C=C\C/C=C\C/C=C\C/C=C\C/C=C\CCCC(=O)OC(COC(=O)CCCCCCCC/C=C\C/C=C\C/C=C\C/C=C\CC)COP(=O)(O)OCC(O)COP(=O)(O)OCC(COC(=O)CCCCCC/C=C\C/C=C\C/C=C\C/C=C\CC)OC(=O)C/C=C\C/C=C\C/C=C\C/C=C\C/C=C\CC. The third-order valence-electron chi connectivity index (χ3n) is 15.5. The lowest BCUT2D eigenvalue weighted by atomic mass is 10.1. The monoisotopic (exact) mass is 1540 g/mol. The Labute approximate surface area is 651 Å². The predicted octanol–water partition coefficient (Wildman–Crippen LogP) is 23.7. The van der Waals surface area contributed by atoms with Crippen LogP contribution in [0.2, 0.25) is 0 Å². The van der Waals surface area contributed by atoms with Gasteiger partial charge in [0.05, 0.1) is 32.8 Å². The van der Waals surface area contributed by atoms with Crippen LogP contribution in [-0.2, 0) is 65.4 Å². The van der Waals surface area contributed by atoms with Gasteiger partial charge in [0.15, 0.2) is 12.2 Å². The average Bonchev–Trinajstić information content (AvgIpc) is 0.900. The first-order valence-electron chi connectivity index (χ1n) is 40.0. The van der Waals surface area contributed by atoms with E-state index in [0.717, 1.165) is 173 Å². The van der Waals surface area contributed by atoms with Crippen molar-refractivity contribution in [2.24, 2.45) is 0 Å². The second kappa shape index (κ2) is 78.5. The number of unbranched alkanes of at least 4 members (excludes halogenated alkanes) is 11. The van der Waals surface area contributed by atoms with E-state index in [-0.39, 0.29) is 25.7 Å². The molecule has 0 bridgehead atoms. The highest BCUT2D eigenvalue weighted by molar-refractivity contribution is 7.47. The highest BCUT2D eigenvalue weighted by Crippen LogP contribution is 2.45. The van der Waals surface area contributed by atoms with Gasteiger partial charge < -0.3 is 33.8 Å². The maximum atomic E-state index is 13.1. The molecule has 0 saturated carbocycles. The fraction of sp³-hybridized carbons (Fsp3) is 0.551. The van der Waals surface area contributed by atoms with E-state index < -0.39 is 97.5 Å². The number of allylic oxidation sites excluding steroid dienone is 35. The van der Waals surface area contributed by atoms with Crippen LogP contribution >= 0.6 is 15.6 Å². The van der Waals surface area contributed by atoms with Crippen LogP contribution in [0.1, 0.15) is 259 Å². The Morgan fingerprint density at radius 2 is 0.500 bits per heavy atom. The molecule has 0 fully saturated rings. The number of carbonyl (C=O) groups is 4. The molecule has 0 rings (SSSR count). The third kappa shape index (κ3) is 77.5. The summed E-state index contributed by atoms with van der Waals surface area (Å²) in [5.74, 6) is -2.46. The molecule has 5 unspecified atom stereocenters. The smallest absolute Gasteiger partial charge is 0.462 e. The summed E-state index contributed by atoms with van der Waals surface area (Å²) in [4.78, 5) is 73.0. The zero-order valence-electron chi connectivity index (χ0n) is 66.2. The van der Waals surface area contributed by atoms with Crippen LogP contribution in [0.3, 0.4) is 0 Å². The van der Waals surface area contributed by atoms with Crippen LogP contribution in [-0.4, -0.2) is 96.7 Å². The number of esters is 4. The van der Waals surface area contributed by atoms with Crippen molar-refractivity contribution in [2.75, 3.05) is 39.6 Å². The summed E-state index contributed by atoms with van der Waals surface area (Å²) in [6, 6.07) is 0. The Kier molecular flexibility index (Phi) is 73.7. The summed E-state index contributed by atoms with van der Waals surface area (Å²) in [5.41, 5.74) is 0. The van der Waals surface area contributed by atoms with Gasteiger partial charge in [-0.05, 0) is 167 Å². The lowest BCUT2D eigenvalue weighted by molar-refractivity contribution is -0.161. The quantitative estimate of drug-likeness (QED) is 0.0169. The van der Waals surface area contributed by atoms with Gasteiger partial charge in [0, 0.05) is 19.3 Å². The first-order chi connectivity index (χ1) is 52.7. The van der Waals surface area contributed by atoms with Gasteiger partial charge in [-0.3, -0.25) is 37.3 Å². The van der Waals surface area contributed by atoms with Crippen molar-refractivity contribution >= 4 is 39.5 Å². The normalized spacial score (nSPS) is 15.0. The minimum absolute atomic E-state index is 0.000466. The molecule has 5 atom stereocenters. The lowest BCUT2D eigenvalue weighted by Crippen LogP contribution is -2.30. The molecule has 0 aromatic carbocycles. The van der Waals surface area contributed by atoms with E-state index in [1.54, 1.807) is 12.2 Å². The molecule has 108 heavy (non-hydrogen) atoms. The zero-order valence-corrected chi connectivity index (χ0v) is 68.0. The molecule has 0 heterocycles. The molecule has 19 heteroatoms. The van der Waals surface area contributed by atoms with Gasteiger partial charge in [0.2, 0.25) is 0 Å². The fourth-order valence-electron chi connectivity index (χ4n) is 9.55. The predicted molar refractivity (Wildman–Crippen MR) is 445 cm³/mol. The van der Waals surface area contributed by atoms with Crippen molar-refractivity contribution in [3.05, 3.63) is 219 Å². The Morgan fingerprint density at radius 3 is 0.806 bits per heavy atom. The topological polar surface area (TPSA) is 237 Å². The van der Waals surface area contributed by atoms with Crippen molar-refractivity contribution in [3.63, 3.8) is 0 Å². The van der Waals surface area contributed by atoms with Gasteiger partial charge in [-0.25, -0.2) is 9.13 Å².